The molecule has 0 aromatic heterocycles. The zero-order valence-electron chi connectivity index (χ0n) is 13.0. The van der Waals surface area contributed by atoms with Crippen molar-refractivity contribution in [1.82, 2.24) is 9.62 Å². The first-order valence-corrected chi connectivity index (χ1v) is 8.94. The van der Waals surface area contributed by atoms with E-state index in [-0.39, 0.29) is 6.42 Å². The lowest BCUT2D eigenvalue weighted by molar-refractivity contribution is -0.140. The number of carbonyl (C=O) groups excluding carboxylic acids is 1. The van der Waals surface area contributed by atoms with Crippen molar-refractivity contribution in [2.45, 2.75) is 38.6 Å². The van der Waals surface area contributed by atoms with E-state index in [1.807, 2.05) is 0 Å². The average molecular weight is 336 g/mol. The predicted molar refractivity (Wildman–Crippen MR) is 79.9 cm³/mol. The first kappa shape index (κ1) is 18.9. The summed E-state index contributed by atoms with van der Waals surface area (Å²) < 4.78 is 30.6. The van der Waals surface area contributed by atoms with Gasteiger partial charge in [0.25, 0.3) is 0 Å². The molecule has 0 saturated carbocycles. The van der Waals surface area contributed by atoms with E-state index in [2.05, 4.69) is 5.32 Å². The first-order chi connectivity index (χ1) is 10.2. The van der Waals surface area contributed by atoms with Gasteiger partial charge in [-0.3, -0.25) is 9.59 Å². The van der Waals surface area contributed by atoms with Crippen molar-refractivity contribution in [3.63, 3.8) is 0 Å². The number of amides is 1. The maximum absolute atomic E-state index is 12.1. The summed E-state index contributed by atoms with van der Waals surface area (Å²) in [6.07, 6.45) is 0.472. The average Bonchev–Trinajstić information content (AvgIpc) is 2.38. The van der Waals surface area contributed by atoms with Gasteiger partial charge >= 0.3 is 5.97 Å². The van der Waals surface area contributed by atoms with Crippen LogP contribution in [0.4, 0.5) is 0 Å². The molecular weight excluding hydrogens is 312 g/mol. The van der Waals surface area contributed by atoms with Gasteiger partial charge in [0.1, 0.15) is 5.75 Å². The summed E-state index contributed by atoms with van der Waals surface area (Å²) in [4.78, 5) is 23.1. The Labute approximate surface area is 130 Å². The van der Waals surface area contributed by atoms with Crippen molar-refractivity contribution >= 4 is 21.9 Å². The minimum atomic E-state index is -3.69. The van der Waals surface area contributed by atoms with E-state index in [1.165, 1.54) is 4.31 Å². The number of nitrogens with one attached hydrogen (secondary N) is 1. The standard InChI is InChI=1S/C13H24N2O6S/c1-3-15(4-2)22(19,20)10-11(16)14-13(9-12(17)18)5-7-21-8-6-13/h3-10H2,1-2H3,(H,14,16)(H,17,18). The summed E-state index contributed by atoms with van der Waals surface area (Å²) in [5.41, 5.74) is -0.931. The van der Waals surface area contributed by atoms with Crippen molar-refractivity contribution in [3.05, 3.63) is 0 Å². The van der Waals surface area contributed by atoms with Crippen LogP contribution < -0.4 is 5.32 Å². The second-order valence-corrected chi connectivity index (χ2v) is 7.32. The van der Waals surface area contributed by atoms with Crippen molar-refractivity contribution in [1.29, 1.82) is 0 Å². The Balaban J connectivity index is 2.77. The molecule has 0 bridgehead atoms. The fraction of sp³-hybridized carbons (Fsp3) is 0.846. The molecule has 128 valence electrons. The molecule has 1 rings (SSSR count). The second kappa shape index (κ2) is 7.89. The Morgan fingerprint density at radius 3 is 2.23 bits per heavy atom. The Morgan fingerprint density at radius 1 is 1.23 bits per heavy atom. The zero-order chi connectivity index (χ0) is 16.8. The van der Waals surface area contributed by atoms with Gasteiger partial charge < -0.3 is 15.2 Å². The zero-order valence-corrected chi connectivity index (χ0v) is 13.8. The van der Waals surface area contributed by atoms with Crippen LogP contribution in [-0.4, -0.2) is 67.3 Å². The van der Waals surface area contributed by atoms with E-state index < -0.39 is 33.2 Å². The number of carboxylic acid groups (broad SMARTS) is 1. The molecule has 22 heavy (non-hydrogen) atoms. The molecule has 0 spiro atoms. The number of sulfonamides is 1. The number of ether oxygens (including phenoxy) is 1. The minimum Gasteiger partial charge on any atom is -0.481 e. The topological polar surface area (TPSA) is 113 Å². The number of nitrogens with zero attached hydrogens (tertiary/aromatic N) is 1. The number of rotatable bonds is 8. The highest BCUT2D eigenvalue weighted by Gasteiger charge is 2.37. The molecule has 0 aromatic carbocycles. The quantitative estimate of drug-likeness (QED) is 0.634. The predicted octanol–water partition coefficient (Wildman–Crippen LogP) is -0.202. The van der Waals surface area contributed by atoms with Crippen molar-refractivity contribution in [2.75, 3.05) is 32.1 Å². The van der Waals surface area contributed by atoms with Crippen LogP contribution in [0.5, 0.6) is 0 Å². The number of aliphatic carboxylic acids is 1. The van der Waals surface area contributed by atoms with Crippen LogP contribution in [0.3, 0.4) is 0 Å². The molecule has 1 fully saturated rings. The number of carboxylic acids is 1. The van der Waals surface area contributed by atoms with Gasteiger partial charge in [-0.25, -0.2) is 12.7 Å². The van der Waals surface area contributed by atoms with Gasteiger partial charge in [0.15, 0.2) is 0 Å². The highest BCUT2D eigenvalue weighted by molar-refractivity contribution is 7.89. The molecule has 1 saturated heterocycles. The fourth-order valence-electron chi connectivity index (χ4n) is 2.60. The minimum absolute atomic E-state index is 0.243. The molecule has 2 N–H and O–H groups in total. The van der Waals surface area contributed by atoms with E-state index >= 15 is 0 Å². The summed E-state index contributed by atoms with van der Waals surface area (Å²) in [6, 6.07) is 0. The lowest BCUT2D eigenvalue weighted by Crippen LogP contribution is -2.55. The van der Waals surface area contributed by atoms with E-state index in [0.717, 1.165) is 0 Å². The molecule has 0 radical (unpaired) electrons. The molecule has 0 aromatic rings. The monoisotopic (exact) mass is 336 g/mol. The summed E-state index contributed by atoms with van der Waals surface area (Å²) in [5.74, 6) is -2.37. The lowest BCUT2D eigenvalue weighted by atomic mass is 9.86. The van der Waals surface area contributed by atoms with Gasteiger partial charge in [0.2, 0.25) is 15.9 Å². The summed E-state index contributed by atoms with van der Waals surface area (Å²) in [7, 11) is -3.69. The van der Waals surface area contributed by atoms with Gasteiger partial charge in [-0.2, -0.15) is 0 Å². The molecule has 9 heteroatoms. The Morgan fingerprint density at radius 2 is 1.77 bits per heavy atom. The van der Waals surface area contributed by atoms with Crippen LogP contribution in [-0.2, 0) is 24.3 Å². The molecular formula is C13H24N2O6S. The Bertz CT molecular complexity index is 495. The van der Waals surface area contributed by atoms with E-state index in [9.17, 15) is 18.0 Å². The number of hydrogen-bond donors (Lipinski definition) is 2. The van der Waals surface area contributed by atoms with E-state index in [4.69, 9.17) is 9.84 Å². The lowest BCUT2D eigenvalue weighted by Gasteiger charge is -2.37. The molecule has 8 nitrogen and oxygen atoms in total. The van der Waals surface area contributed by atoms with Crippen LogP contribution in [0.1, 0.15) is 33.1 Å². The highest BCUT2D eigenvalue weighted by Crippen LogP contribution is 2.24. The van der Waals surface area contributed by atoms with Crippen LogP contribution in [0.15, 0.2) is 0 Å². The molecule has 1 aliphatic rings. The molecule has 1 aliphatic heterocycles. The smallest absolute Gasteiger partial charge is 0.305 e. The SMILES string of the molecule is CCN(CC)S(=O)(=O)CC(=O)NC1(CC(=O)O)CCOCC1. The second-order valence-electron chi connectivity index (χ2n) is 5.35. The summed E-state index contributed by atoms with van der Waals surface area (Å²) in [5, 5.41) is 11.6. The van der Waals surface area contributed by atoms with Crippen LogP contribution in [0.2, 0.25) is 0 Å². The largest absolute Gasteiger partial charge is 0.481 e. The fourth-order valence-corrected chi connectivity index (χ4v) is 3.98. The van der Waals surface area contributed by atoms with Crippen molar-refractivity contribution in [3.8, 4) is 0 Å². The molecule has 0 unspecified atom stereocenters. The van der Waals surface area contributed by atoms with Crippen molar-refractivity contribution in [2.24, 2.45) is 0 Å². The van der Waals surface area contributed by atoms with Crippen LogP contribution in [0, 0.1) is 0 Å². The third-order valence-corrected chi connectivity index (χ3v) is 5.69. The Kier molecular flexibility index (Phi) is 6.76. The van der Waals surface area contributed by atoms with E-state index in [1.54, 1.807) is 13.8 Å². The van der Waals surface area contributed by atoms with Gasteiger partial charge in [0.05, 0.1) is 12.0 Å². The first-order valence-electron chi connectivity index (χ1n) is 7.33. The third kappa shape index (κ3) is 5.22. The molecule has 0 atom stereocenters. The van der Waals surface area contributed by atoms with Gasteiger partial charge in [-0.05, 0) is 12.8 Å². The normalized spacial score (nSPS) is 18.1. The van der Waals surface area contributed by atoms with Gasteiger partial charge in [-0.15, -0.1) is 0 Å². The summed E-state index contributed by atoms with van der Waals surface area (Å²) >= 11 is 0. The maximum atomic E-state index is 12.1. The number of carbonyl (C=O) groups is 2. The summed E-state index contributed by atoms with van der Waals surface area (Å²) in [6.45, 7) is 4.67. The van der Waals surface area contributed by atoms with Gasteiger partial charge in [-0.1, -0.05) is 13.8 Å². The Hall–Kier alpha value is -1.19. The van der Waals surface area contributed by atoms with Crippen molar-refractivity contribution < 1.29 is 27.9 Å². The van der Waals surface area contributed by atoms with E-state index in [0.29, 0.717) is 39.1 Å². The molecule has 0 aliphatic carbocycles. The van der Waals surface area contributed by atoms with Gasteiger partial charge in [0, 0.05) is 26.3 Å². The van der Waals surface area contributed by atoms with Crippen LogP contribution >= 0.6 is 0 Å². The molecule has 1 amide bonds. The van der Waals surface area contributed by atoms with Crippen LogP contribution in [0.25, 0.3) is 0 Å². The number of hydrogen-bond acceptors (Lipinski definition) is 5. The maximum Gasteiger partial charge on any atom is 0.305 e. The highest BCUT2D eigenvalue weighted by atomic mass is 32.2. The molecule has 1 heterocycles. The third-order valence-electron chi connectivity index (χ3n) is 3.76.